The zero-order valence-electron chi connectivity index (χ0n) is 19.4. The van der Waals surface area contributed by atoms with Crippen LogP contribution in [0.15, 0.2) is 0 Å². The number of nitrogens with zero attached hydrogens (tertiary/aromatic N) is 1. The molecule has 1 aliphatic heterocycles. The highest BCUT2D eigenvalue weighted by atomic mass is 32.2. The Morgan fingerprint density at radius 3 is 1.73 bits per heavy atom. The molecule has 0 radical (unpaired) electrons. The number of thioether (sulfide) groups is 1. The minimum atomic E-state index is -1.53. The quantitative estimate of drug-likeness (QED) is 0.303. The summed E-state index contributed by atoms with van der Waals surface area (Å²) in [5.41, 5.74) is 0. The van der Waals surface area contributed by atoms with Crippen molar-refractivity contribution in [3.05, 3.63) is 0 Å². The van der Waals surface area contributed by atoms with Crippen molar-refractivity contribution in [2.75, 3.05) is 18.9 Å². The van der Waals surface area contributed by atoms with E-state index in [1.807, 2.05) is 0 Å². The van der Waals surface area contributed by atoms with Gasteiger partial charge in [0.1, 0.15) is 12.0 Å². The smallest absolute Gasteiger partial charge is 0.303 e. The van der Waals surface area contributed by atoms with Crippen molar-refractivity contribution < 1.29 is 52.5 Å². The molecule has 1 fully saturated rings. The van der Waals surface area contributed by atoms with Crippen LogP contribution in [0.1, 0.15) is 41.5 Å². The minimum absolute atomic E-state index is 0.316. The van der Waals surface area contributed by atoms with Gasteiger partial charge in [-0.2, -0.15) is 0 Å². The molecule has 0 bridgehead atoms. The molecule has 1 saturated heterocycles. The average molecular weight is 492 g/mol. The van der Waals surface area contributed by atoms with Crippen LogP contribution in [0.5, 0.6) is 0 Å². The molecule has 0 unspecified atom stereocenters. The summed E-state index contributed by atoms with van der Waals surface area (Å²) in [5.74, 6) is -3.71. The molecule has 0 aromatic heterocycles. The zero-order valence-corrected chi connectivity index (χ0v) is 20.2. The van der Waals surface area contributed by atoms with Crippen molar-refractivity contribution in [2.24, 2.45) is 0 Å². The van der Waals surface area contributed by atoms with Gasteiger partial charge in [-0.25, -0.2) is 0 Å². The van der Waals surface area contributed by atoms with Crippen molar-refractivity contribution in [1.82, 2.24) is 4.90 Å². The summed E-state index contributed by atoms with van der Waals surface area (Å²) in [4.78, 5) is 72.5. The van der Waals surface area contributed by atoms with Gasteiger partial charge >= 0.3 is 29.8 Å². The van der Waals surface area contributed by atoms with Crippen LogP contribution in [0.25, 0.3) is 0 Å². The molecule has 1 heterocycles. The number of hydrogen-bond donors (Lipinski definition) is 0. The fourth-order valence-corrected chi connectivity index (χ4v) is 4.62. The second kappa shape index (κ2) is 13.0. The summed E-state index contributed by atoms with van der Waals surface area (Å²) in [7, 11) is 0. The molecular formula is C20H29NO11S. The molecule has 0 spiro atoms. The Balaban J connectivity index is 3.55. The van der Waals surface area contributed by atoms with Crippen LogP contribution in [-0.4, -0.2) is 89.3 Å². The van der Waals surface area contributed by atoms with Gasteiger partial charge in [-0.15, -0.1) is 11.8 Å². The highest BCUT2D eigenvalue weighted by Crippen LogP contribution is 2.33. The Morgan fingerprint density at radius 2 is 1.27 bits per heavy atom. The molecule has 0 aromatic carbocycles. The van der Waals surface area contributed by atoms with E-state index in [4.69, 9.17) is 23.7 Å². The van der Waals surface area contributed by atoms with E-state index in [-0.39, 0.29) is 5.91 Å². The molecule has 5 atom stereocenters. The van der Waals surface area contributed by atoms with Gasteiger partial charge in [-0.05, 0) is 0 Å². The maximum Gasteiger partial charge on any atom is 0.303 e. The van der Waals surface area contributed by atoms with Crippen LogP contribution >= 0.6 is 11.8 Å². The van der Waals surface area contributed by atoms with E-state index in [0.29, 0.717) is 12.3 Å². The van der Waals surface area contributed by atoms with E-state index >= 15 is 0 Å². The van der Waals surface area contributed by atoms with Crippen molar-refractivity contribution in [2.45, 2.75) is 71.3 Å². The molecule has 0 aliphatic carbocycles. The largest absolute Gasteiger partial charge is 0.462 e. The van der Waals surface area contributed by atoms with Crippen molar-refractivity contribution >= 4 is 47.5 Å². The number of hydrogen-bond acceptors (Lipinski definition) is 12. The zero-order chi connectivity index (χ0) is 25.3. The highest BCUT2D eigenvalue weighted by Gasteiger charge is 2.49. The van der Waals surface area contributed by atoms with Crippen LogP contribution in [-0.2, 0) is 52.5 Å². The second-order valence-corrected chi connectivity index (χ2v) is 8.37. The van der Waals surface area contributed by atoms with E-state index < -0.39 is 66.2 Å². The van der Waals surface area contributed by atoms with Crippen molar-refractivity contribution in [3.63, 3.8) is 0 Å². The fourth-order valence-electron chi connectivity index (χ4n) is 3.24. The van der Waals surface area contributed by atoms with E-state index in [1.54, 1.807) is 0 Å². The normalized spacial score (nSPS) is 18.8. The van der Waals surface area contributed by atoms with Gasteiger partial charge in [0.25, 0.3) is 0 Å². The number of carbonyl (C=O) groups is 6. The van der Waals surface area contributed by atoms with Crippen LogP contribution < -0.4 is 0 Å². The van der Waals surface area contributed by atoms with Crippen LogP contribution in [0, 0.1) is 0 Å². The molecule has 1 amide bonds. The number of rotatable bonds is 10. The summed E-state index contributed by atoms with van der Waals surface area (Å²) >= 11 is 1.27. The Labute approximate surface area is 195 Å². The summed E-state index contributed by atoms with van der Waals surface area (Å²) in [6.07, 6.45) is -5.75. The third-order valence-electron chi connectivity index (χ3n) is 4.30. The van der Waals surface area contributed by atoms with Crippen LogP contribution in [0.2, 0.25) is 0 Å². The van der Waals surface area contributed by atoms with Gasteiger partial charge in [0, 0.05) is 53.8 Å². The standard InChI is InChI=1S/C20H29NO11S/c1-10(22)21-7-8-33-20(21)19(32-15(6)27)18(31-14(5)26)17(30-13(4)25)16(29-12(3)24)9-28-11(2)23/h16-20H,7-9H2,1-6H3/t16-,17-,18-,19+,20+/m0/s1. The molecule has 13 heteroatoms. The van der Waals surface area contributed by atoms with Crippen LogP contribution in [0.4, 0.5) is 0 Å². The third-order valence-corrected chi connectivity index (χ3v) is 5.58. The van der Waals surface area contributed by atoms with E-state index in [9.17, 15) is 28.8 Å². The lowest BCUT2D eigenvalue weighted by Gasteiger charge is -2.39. The Kier molecular flexibility index (Phi) is 11.1. The van der Waals surface area contributed by atoms with Crippen LogP contribution in [0.3, 0.4) is 0 Å². The summed E-state index contributed by atoms with van der Waals surface area (Å²) < 4.78 is 26.3. The highest BCUT2D eigenvalue weighted by molar-refractivity contribution is 8.00. The molecule has 12 nitrogen and oxygen atoms in total. The van der Waals surface area contributed by atoms with Gasteiger partial charge in [0.05, 0.1) is 0 Å². The Morgan fingerprint density at radius 1 is 0.758 bits per heavy atom. The minimum Gasteiger partial charge on any atom is -0.462 e. The van der Waals surface area contributed by atoms with E-state index in [0.717, 1.165) is 34.6 Å². The maximum atomic E-state index is 12.1. The van der Waals surface area contributed by atoms with E-state index in [1.165, 1.54) is 23.6 Å². The summed E-state index contributed by atoms with van der Waals surface area (Å²) in [6, 6.07) is 0. The Hall–Kier alpha value is -2.83. The monoisotopic (exact) mass is 491 g/mol. The molecule has 33 heavy (non-hydrogen) atoms. The molecule has 1 rings (SSSR count). The molecule has 186 valence electrons. The number of ether oxygens (including phenoxy) is 5. The predicted molar refractivity (Wildman–Crippen MR) is 112 cm³/mol. The van der Waals surface area contributed by atoms with Crippen molar-refractivity contribution in [1.29, 1.82) is 0 Å². The predicted octanol–water partition coefficient (Wildman–Crippen LogP) is 0.198. The van der Waals surface area contributed by atoms with Gasteiger partial charge < -0.3 is 28.6 Å². The molecule has 0 aromatic rings. The molecule has 1 aliphatic rings. The first kappa shape index (κ1) is 28.2. The fraction of sp³-hybridized carbons (Fsp3) is 0.700. The van der Waals surface area contributed by atoms with Gasteiger partial charge in [0.2, 0.25) is 5.91 Å². The van der Waals surface area contributed by atoms with Crippen molar-refractivity contribution in [3.8, 4) is 0 Å². The summed E-state index contributed by atoms with van der Waals surface area (Å²) in [6.45, 7) is 6.62. The topological polar surface area (TPSA) is 152 Å². The SMILES string of the molecule is CC(=O)OC[C@H](OC(C)=O)[C@H](OC(C)=O)[C@H](OC(C)=O)[C@@H](OC(C)=O)[C@H]1SCCN1C(C)=O. The maximum absolute atomic E-state index is 12.1. The lowest BCUT2D eigenvalue weighted by Crippen LogP contribution is -2.58. The van der Waals surface area contributed by atoms with Gasteiger partial charge in [-0.1, -0.05) is 0 Å². The molecular weight excluding hydrogens is 462 g/mol. The number of carbonyl (C=O) groups excluding carboxylic acids is 6. The Bertz CT molecular complexity index is 771. The first-order valence-corrected chi connectivity index (χ1v) is 11.1. The lowest BCUT2D eigenvalue weighted by atomic mass is 10.0. The van der Waals surface area contributed by atoms with Gasteiger partial charge in [-0.3, -0.25) is 28.8 Å². The lowest BCUT2D eigenvalue weighted by molar-refractivity contribution is -0.204. The first-order chi connectivity index (χ1) is 15.3. The van der Waals surface area contributed by atoms with E-state index in [2.05, 4.69) is 0 Å². The second-order valence-electron chi connectivity index (χ2n) is 7.15. The number of esters is 5. The third kappa shape index (κ3) is 9.28. The molecule has 0 saturated carbocycles. The molecule has 0 N–H and O–H groups in total. The summed E-state index contributed by atoms with van der Waals surface area (Å²) in [5, 5.41) is -0.791. The number of amides is 1. The first-order valence-electron chi connectivity index (χ1n) is 10.0. The van der Waals surface area contributed by atoms with Gasteiger partial charge in [0.15, 0.2) is 24.4 Å². The average Bonchev–Trinajstić information content (AvgIpc) is 3.15.